The van der Waals surface area contributed by atoms with Crippen molar-refractivity contribution in [1.29, 1.82) is 0 Å². The van der Waals surface area contributed by atoms with E-state index in [1.54, 1.807) is 13.8 Å². The molecule has 2 rings (SSSR count). The van der Waals surface area contributed by atoms with Crippen LogP contribution in [0.2, 0.25) is 0 Å². The molecule has 1 aromatic carbocycles. The van der Waals surface area contributed by atoms with E-state index in [1.807, 2.05) is 0 Å². The first kappa shape index (κ1) is 19.1. The zero-order valence-electron chi connectivity index (χ0n) is 13.2. The van der Waals surface area contributed by atoms with Crippen molar-refractivity contribution in [2.45, 2.75) is 32.2 Å². The number of nitrogens with zero attached hydrogens (tertiary/aromatic N) is 3. The predicted molar refractivity (Wildman–Crippen MR) is 89.1 cm³/mol. The van der Waals surface area contributed by atoms with Crippen molar-refractivity contribution < 1.29 is 23.2 Å². The van der Waals surface area contributed by atoms with Crippen molar-refractivity contribution in [3.8, 4) is 0 Å². The van der Waals surface area contributed by atoms with E-state index in [2.05, 4.69) is 10.4 Å². The molecule has 0 aromatic heterocycles. The first-order chi connectivity index (χ1) is 11.5. The van der Waals surface area contributed by atoms with Crippen molar-refractivity contribution in [3.05, 3.63) is 34.4 Å². The summed E-state index contributed by atoms with van der Waals surface area (Å²) in [5, 5.41) is 27.0. The van der Waals surface area contributed by atoms with E-state index in [1.165, 1.54) is 24.3 Å². The Morgan fingerprint density at radius 2 is 2.08 bits per heavy atom. The average Bonchev–Trinajstić information content (AvgIpc) is 2.87. The third-order valence-electron chi connectivity index (χ3n) is 3.66. The maximum Gasteiger partial charge on any atom is 0.438 e. The first-order valence-electron chi connectivity index (χ1n) is 7.18. The van der Waals surface area contributed by atoms with Crippen LogP contribution in [0.3, 0.4) is 0 Å². The second-order valence-electron chi connectivity index (χ2n) is 5.75. The molecule has 25 heavy (non-hydrogen) atoms. The molecule has 1 unspecified atom stereocenters. The topological polar surface area (TPSA) is 91.0 Å². The molecular weight excluding hydrogens is 361 g/mol. The number of para-hydroxylation sites is 2. The van der Waals surface area contributed by atoms with Gasteiger partial charge in [0.25, 0.3) is 11.4 Å². The highest BCUT2D eigenvalue weighted by atomic mass is 32.1. The summed E-state index contributed by atoms with van der Waals surface area (Å²) in [4.78, 5) is 10.3. The van der Waals surface area contributed by atoms with Crippen molar-refractivity contribution in [3.63, 3.8) is 0 Å². The molecule has 2 N–H and O–H groups in total. The normalized spacial score (nSPS) is 20.6. The fourth-order valence-corrected chi connectivity index (χ4v) is 2.54. The Kier molecular flexibility index (Phi) is 5.00. The van der Waals surface area contributed by atoms with Gasteiger partial charge in [0.2, 0.25) is 0 Å². The summed E-state index contributed by atoms with van der Waals surface area (Å²) in [5.41, 5.74) is -3.66. The first-order valence-corrected chi connectivity index (χ1v) is 7.59. The molecule has 11 heteroatoms. The Morgan fingerprint density at radius 1 is 1.48 bits per heavy atom. The molecule has 0 aliphatic carbocycles. The Labute approximate surface area is 146 Å². The number of halogens is 3. The Balaban J connectivity index is 2.37. The van der Waals surface area contributed by atoms with Crippen LogP contribution in [0.4, 0.5) is 24.5 Å². The molecule has 0 spiro atoms. The van der Waals surface area contributed by atoms with E-state index >= 15 is 0 Å². The number of rotatable bonds is 3. The van der Waals surface area contributed by atoms with Gasteiger partial charge in [0.05, 0.1) is 4.92 Å². The summed E-state index contributed by atoms with van der Waals surface area (Å²) < 4.78 is 40.1. The molecule has 0 fully saturated rings. The number of nitro groups is 1. The molecule has 1 heterocycles. The van der Waals surface area contributed by atoms with Gasteiger partial charge in [-0.2, -0.15) is 23.3 Å². The van der Waals surface area contributed by atoms with Gasteiger partial charge in [0.1, 0.15) is 5.69 Å². The Morgan fingerprint density at radius 3 is 2.60 bits per heavy atom. The molecule has 1 aliphatic rings. The van der Waals surface area contributed by atoms with Gasteiger partial charge in [-0.25, -0.2) is 0 Å². The molecular formula is C14H15F3N4O3S. The minimum absolute atomic E-state index is 0.102. The molecule has 7 nitrogen and oxygen atoms in total. The highest BCUT2D eigenvalue weighted by molar-refractivity contribution is 7.80. The van der Waals surface area contributed by atoms with Crippen LogP contribution in [0.1, 0.15) is 20.3 Å². The lowest BCUT2D eigenvalue weighted by Gasteiger charge is -2.34. The number of hydrazone groups is 1. The quantitative estimate of drug-likeness (QED) is 0.478. The molecule has 1 atom stereocenters. The van der Waals surface area contributed by atoms with E-state index in [0.717, 1.165) is 0 Å². The second-order valence-corrected chi connectivity index (χ2v) is 6.14. The highest BCUT2D eigenvalue weighted by Gasteiger charge is 2.62. The van der Waals surface area contributed by atoms with E-state index in [0.29, 0.717) is 0 Å². The average molecular weight is 376 g/mol. The van der Waals surface area contributed by atoms with Gasteiger partial charge < -0.3 is 10.4 Å². The number of nitro benzene ring substituents is 1. The van der Waals surface area contributed by atoms with Gasteiger partial charge in [-0.1, -0.05) is 26.0 Å². The molecule has 0 radical (unpaired) electrons. The van der Waals surface area contributed by atoms with Crippen molar-refractivity contribution in [2.24, 2.45) is 11.0 Å². The third kappa shape index (κ3) is 3.56. The summed E-state index contributed by atoms with van der Waals surface area (Å²) in [6.45, 7) is 3.27. The predicted octanol–water partition coefficient (Wildman–Crippen LogP) is 3.26. The van der Waals surface area contributed by atoms with Crippen LogP contribution in [0, 0.1) is 16.0 Å². The van der Waals surface area contributed by atoms with Crippen LogP contribution in [-0.2, 0) is 0 Å². The lowest BCUT2D eigenvalue weighted by molar-refractivity contribution is -0.383. The maximum atomic E-state index is 13.4. The monoisotopic (exact) mass is 376 g/mol. The zero-order chi connectivity index (χ0) is 19.0. The number of thiocarbonyl (C=S) groups is 1. The minimum atomic E-state index is -5.03. The molecule has 136 valence electrons. The minimum Gasteiger partial charge on any atom is -0.362 e. The van der Waals surface area contributed by atoms with Crippen LogP contribution in [0.15, 0.2) is 29.4 Å². The second kappa shape index (κ2) is 6.56. The lowest BCUT2D eigenvalue weighted by Crippen LogP contribution is -2.57. The third-order valence-corrected chi connectivity index (χ3v) is 3.94. The van der Waals surface area contributed by atoms with E-state index < -0.39 is 28.4 Å². The molecule has 0 amide bonds. The number of benzene rings is 1. The zero-order valence-corrected chi connectivity index (χ0v) is 14.1. The van der Waals surface area contributed by atoms with Crippen LogP contribution in [0.25, 0.3) is 0 Å². The number of hydrogen-bond donors (Lipinski definition) is 2. The number of alkyl halides is 3. The van der Waals surface area contributed by atoms with Gasteiger partial charge in [-0.05, 0) is 24.2 Å². The van der Waals surface area contributed by atoms with E-state index in [9.17, 15) is 28.4 Å². The lowest BCUT2D eigenvalue weighted by atomic mass is 9.99. The molecule has 0 saturated heterocycles. The highest BCUT2D eigenvalue weighted by Crippen LogP contribution is 2.41. The number of anilines is 1. The SMILES string of the molecule is CC(C)C1=NN(C(=S)Nc2ccccc2[N+](=O)[O-])C(O)(C(F)(F)F)C1. The number of hydrogen-bond acceptors (Lipinski definition) is 5. The summed E-state index contributed by atoms with van der Waals surface area (Å²) in [7, 11) is 0. The van der Waals surface area contributed by atoms with Crippen molar-refractivity contribution >= 4 is 34.4 Å². The number of nitrogens with one attached hydrogen (secondary N) is 1. The number of aliphatic hydroxyl groups is 1. The molecule has 0 bridgehead atoms. The van der Waals surface area contributed by atoms with Crippen LogP contribution < -0.4 is 5.32 Å². The molecule has 1 aliphatic heterocycles. The maximum absolute atomic E-state index is 13.4. The summed E-state index contributed by atoms with van der Waals surface area (Å²) in [5.74, 6) is -0.340. The summed E-state index contributed by atoms with van der Waals surface area (Å²) >= 11 is 4.92. The van der Waals surface area contributed by atoms with E-state index in [-0.39, 0.29) is 28.0 Å². The van der Waals surface area contributed by atoms with Crippen LogP contribution in [0.5, 0.6) is 0 Å². The smallest absolute Gasteiger partial charge is 0.362 e. The molecule has 0 saturated carbocycles. The van der Waals surface area contributed by atoms with Gasteiger partial charge in [-0.3, -0.25) is 10.1 Å². The standard InChI is InChI=1S/C14H15F3N4O3S/c1-8(2)10-7-13(22,14(15,16)17)20(19-10)12(25)18-9-5-3-4-6-11(9)21(23)24/h3-6,8,22H,7H2,1-2H3,(H,18,25). The van der Waals surface area contributed by atoms with Crippen molar-refractivity contribution in [2.75, 3.05) is 5.32 Å². The van der Waals surface area contributed by atoms with Crippen LogP contribution in [-0.4, -0.2) is 37.8 Å². The Hall–Kier alpha value is -2.27. The van der Waals surface area contributed by atoms with Gasteiger partial charge in [0, 0.05) is 18.2 Å². The fourth-order valence-electron chi connectivity index (χ4n) is 2.23. The fraction of sp³-hybridized carbons (Fsp3) is 0.429. The van der Waals surface area contributed by atoms with Gasteiger partial charge in [-0.15, -0.1) is 0 Å². The summed E-state index contributed by atoms with van der Waals surface area (Å²) in [6.07, 6.45) is -5.78. The Bertz CT molecular complexity index is 738. The molecule has 1 aromatic rings. The van der Waals surface area contributed by atoms with Crippen molar-refractivity contribution in [1.82, 2.24) is 5.01 Å². The van der Waals surface area contributed by atoms with Gasteiger partial charge in [0.15, 0.2) is 5.11 Å². The van der Waals surface area contributed by atoms with E-state index in [4.69, 9.17) is 12.2 Å². The largest absolute Gasteiger partial charge is 0.438 e. The van der Waals surface area contributed by atoms with Gasteiger partial charge >= 0.3 is 6.18 Å². The van der Waals surface area contributed by atoms with Crippen LogP contribution >= 0.6 is 12.2 Å². The summed E-state index contributed by atoms with van der Waals surface area (Å²) in [6, 6.07) is 5.33.